The number of thioether (sulfide) groups is 1. The number of carbonyl (C=O) groups is 1. The van der Waals surface area contributed by atoms with Crippen LogP contribution < -0.4 is 10.9 Å². The van der Waals surface area contributed by atoms with Crippen LogP contribution in [-0.4, -0.2) is 21.5 Å². The summed E-state index contributed by atoms with van der Waals surface area (Å²) in [5, 5.41) is 2.89. The Morgan fingerprint density at radius 2 is 1.96 bits per heavy atom. The van der Waals surface area contributed by atoms with Crippen LogP contribution in [0.25, 0.3) is 0 Å². The molecule has 1 amide bonds. The number of aromatic nitrogens is 1. The molecular formula is C19H24N2O2S. The van der Waals surface area contributed by atoms with E-state index in [9.17, 15) is 9.59 Å². The second-order valence-electron chi connectivity index (χ2n) is 5.72. The third-order valence-corrected chi connectivity index (χ3v) is 4.95. The van der Waals surface area contributed by atoms with E-state index in [-0.39, 0.29) is 16.7 Å². The summed E-state index contributed by atoms with van der Waals surface area (Å²) in [7, 11) is 0. The molecule has 24 heavy (non-hydrogen) atoms. The first kappa shape index (κ1) is 18.3. The molecule has 0 fully saturated rings. The SMILES string of the molecule is CCCCSC(C)C(=O)Nc1ccc(Cn2ccccc2=O)cc1. The molecule has 2 aromatic rings. The number of hydrogen-bond donors (Lipinski definition) is 1. The Labute approximate surface area is 147 Å². The Morgan fingerprint density at radius 1 is 1.21 bits per heavy atom. The molecule has 0 spiro atoms. The van der Waals surface area contributed by atoms with Gasteiger partial charge in [0.1, 0.15) is 0 Å². The highest BCUT2D eigenvalue weighted by Gasteiger charge is 2.13. The molecule has 0 saturated heterocycles. The fourth-order valence-corrected chi connectivity index (χ4v) is 3.22. The van der Waals surface area contributed by atoms with Gasteiger partial charge in [-0.15, -0.1) is 11.8 Å². The molecule has 128 valence electrons. The summed E-state index contributed by atoms with van der Waals surface area (Å²) in [6.45, 7) is 4.61. The number of benzene rings is 1. The van der Waals surface area contributed by atoms with Crippen LogP contribution in [-0.2, 0) is 11.3 Å². The van der Waals surface area contributed by atoms with Crippen LogP contribution in [0.4, 0.5) is 5.69 Å². The number of nitrogens with zero attached hydrogens (tertiary/aromatic N) is 1. The van der Waals surface area contributed by atoms with Gasteiger partial charge in [-0.05, 0) is 42.9 Å². The monoisotopic (exact) mass is 344 g/mol. The van der Waals surface area contributed by atoms with Gasteiger partial charge in [0.05, 0.1) is 11.8 Å². The molecule has 1 N–H and O–H groups in total. The minimum atomic E-state index is -0.0564. The topological polar surface area (TPSA) is 51.1 Å². The standard InChI is InChI=1S/C19H24N2O2S/c1-3-4-13-24-15(2)19(23)20-17-10-8-16(9-11-17)14-21-12-6-5-7-18(21)22/h5-12,15H,3-4,13-14H2,1-2H3,(H,20,23). The Balaban J connectivity index is 1.91. The molecule has 1 atom stereocenters. The van der Waals surface area contributed by atoms with E-state index in [4.69, 9.17) is 0 Å². The second kappa shape index (κ2) is 9.33. The average Bonchev–Trinajstić information content (AvgIpc) is 2.58. The van der Waals surface area contributed by atoms with E-state index >= 15 is 0 Å². The zero-order valence-electron chi connectivity index (χ0n) is 14.2. The number of carbonyl (C=O) groups excluding carboxylic acids is 1. The van der Waals surface area contributed by atoms with Gasteiger partial charge < -0.3 is 9.88 Å². The molecular weight excluding hydrogens is 320 g/mol. The van der Waals surface area contributed by atoms with E-state index in [2.05, 4.69) is 12.2 Å². The van der Waals surface area contributed by atoms with Gasteiger partial charge in [0.25, 0.3) is 5.56 Å². The third-order valence-electron chi connectivity index (χ3n) is 3.71. The molecule has 1 heterocycles. The van der Waals surface area contributed by atoms with Crippen LogP contribution in [0.3, 0.4) is 0 Å². The van der Waals surface area contributed by atoms with Gasteiger partial charge in [-0.1, -0.05) is 31.5 Å². The van der Waals surface area contributed by atoms with E-state index in [1.807, 2.05) is 37.3 Å². The van der Waals surface area contributed by atoms with Crippen LogP contribution in [0.15, 0.2) is 53.5 Å². The predicted molar refractivity (Wildman–Crippen MR) is 102 cm³/mol. The summed E-state index contributed by atoms with van der Waals surface area (Å²) < 4.78 is 1.65. The lowest BCUT2D eigenvalue weighted by Gasteiger charge is -2.12. The summed E-state index contributed by atoms with van der Waals surface area (Å²) in [5.74, 6) is 1.04. The molecule has 1 unspecified atom stereocenters. The quantitative estimate of drug-likeness (QED) is 0.742. The van der Waals surface area contributed by atoms with Crippen LogP contribution in [0, 0.1) is 0 Å². The maximum atomic E-state index is 12.1. The normalized spacial score (nSPS) is 11.9. The summed E-state index contributed by atoms with van der Waals surface area (Å²) in [6, 6.07) is 12.8. The van der Waals surface area contributed by atoms with Gasteiger partial charge in [0, 0.05) is 18.0 Å². The Bertz CT molecular complexity index is 710. The number of pyridine rings is 1. The van der Waals surface area contributed by atoms with Crippen molar-refractivity contribution in [3.8, 4) is 0 Å². The van der Waals surface area contributed by atoms with Crippen LogP contribution >= 0.6 is 11.8 Å². The van der Waals surface area contributed by atoms with Crippen LogP contribution in [0.2, 0.25) is 0 Å². The minimum absolute atomic E-state index is 0.0205. The molecule has 0 bridgehead atoms. The highest BCUT2D eigenvalue weighted by atomic mass is 32.2. The summed E-state index contributed by atoms with van der Waals surface area (Å²) >= 11 is 1.68. The zero-order chi connectivity index (χ0) is 17.4. The number of hydrogen-bond acceptors (Lipinski definition) is 3. The van der Waals surface area contributed by atoms with E-state index in [0.29, 0.717) is 6.54 Å². The first-order chi connectivity index (χ1) is 11.6. The fourth-order valence-electron chi connectivity index (χ4n) is 2.21. The maximum Gasteiger partial charge on any atom is 0.250 e. The van der Waals surface area contributed by atoms with Gasteiger partial charge in [-0.2, -0.15) is 0 Å². The summed E-state index contributed by atoms with van der Waals surface area (Å²) in [5.41, 5.74) is 1.78. The van der Waals surface area contributed by atoms with Crippen molar-refractivity contribution in [3.05, 3.63) is 64.6 Å². The molecule has 0 aliphatic rings. The summed E-state index contributed by atoms with van der Waals surface area (Å²) in [6.07, 6.45) is 4.05. The van der Waals surface area contributed by atoms with E-state index in [0.717, 1.165) is 29.8 Å². The van der Waals surface area contributed by atoms with Crippen molar-refractivity contribution in [2.24, 2.45) is 0 Å². The predicted octanol–water partition coefficient (Wildman–Crippen LogP) is 3.76. The summed E-state index contributed by atoms with van der Waals surface area (Å²) in [4.78, 5) is 23.9. The molecule has 0 aliphatic carbocycles. The third kappa shape index (κ3) is 5.57. The van der Waals surface area contributed by atoms with Crippen molar-refractivity contribution >= 4 is 23.4 Å². The van der Waals surface area contributed by atoms with Gasteiger partial charge >= 0.3 is 0 Å². The van der Waals surface area contributed by atoms with Crippen LogP contribution in [0.1, 0.15) is 32.3 Å². The van der Waals surface area contributed by atoms with E-state index < -0.39 is 0 Å². The molecule has 0 radical (unpaired) electrons. The van der Waals surface area contributed by atoms with Crippen molar-refractivity contribution in [3.63, 3.8) is 0 Å². The number of anilines is 1. The van der Waals surface area contributed by atoms with Gasteiger partial charge in [0.2, 0.25) is 5.91 Å². The zero-order valence-corrected chi connectivity index (χ0v) is 15.0. The second-order valence-corrected chi connectivity index (χ2v) is 7.17. The number of amides is 1. The molecule has 5 heteroatoms. The highest BCUT2D eigenvalue weighted by molar-refractivity contribution is 8.00. The van der Waals surface area contributed by atoms with Crippen molar-refractivity contribution in [1.29, 1.82) is 0 Å². The number of unbranched alkanes of at least 4 members (excludes halogenated alkanes) is 1. The lowest BCUT2D eigenvalue weighted by atomic mass is 10.2. The Kier molecular flexibility index (Phi) is 7.12. The first-order valence-corrected chi connectivity index (χ1v) is 9.32. The van der Waals surface area contributed by atoms with Crippen molar-refractivity contribution in [2.75, 3.05) is 11.1 Å². The molecule has 0 aliphatic heterocycles. The number of rotatable bonds is 8. The minimum Gasteiger partial charge on any atom is -0.325 e. The first-order valence-electron chi connectivity index (χ1n) is 8.27. The van der Waals surface area contributed by atoms with E-state index in [1.165, 1.54) is 0 Å². The van der Waals surface area contributed by atoms with Gasteiger partial charge in [0.15, 0.2) is 0 Å². The molecule has 1 aromatic carbocycles. The maximum absolute atomic E-state index is 12.1. The van der Waals surface area contributed by atoms with Crippen molar-refractivity contribution in [2.45, 2.75) is 38.5 Å². The molecule has 1 aromatic heterocycles. The Hall–Kier alpha value is -2.01. The lowest BCUT2D eigenvalue weighted by molar-refractivity contribution is -0.115. The molecule has 2 rings (SSSR count). The lowest BCUT2D eigenvalue weighted by Crippen LogP contribution is -2.22. The fraction of sp³-hybridized carbons (Fsp3) is 0.368. The molecule has 4 nitrogen and oxygen atoms in total. The van der Waals surface area contributed by atoms with Crippen molar-refractivity contribution < 1.29 is 4.79 Å². The van der Waals surface area contributed by atoms with Crippen molar-refractivity contribution in [1.82, 2.24) is 4.57 Å². The van der Waals surface area contributed by atoms with Gasteiger partial charge in [-0.3, -0.25) is 9.59 Å². The highest BCUT2D eigenvalue weighted by Crippen LogP contribution is 2.16. The smallest absolute Gasteiger partial charge is 0.250 e. The van der Waals surface area contributed by atoms with E-state index in [1.54, 1.807) is 34.7 Å². The molecule has 0 saturated carbocycles. The largest absolute Gasteiger partial charge is 0.325 e. The van der Waals surface area contributed by atoms with Crippen LogP contribution in [0.5, 0.6) is 0 Å². The van der Waals surface area contributed by atoms with Gasteiger partial charge in [-0.25, -0.2) is 0 Å². The number of nitrogens with one attached hydrogen (secondary N) is 1. The Morgan fingerprint density at radius 3 is 2.62 bits per heavy atom. The average molecular weight is 344 g/mol.